The minimum Gasteiger partial charge on any atom is -0.396 e. The number of hydrogen-bond donors (Lipinski definition) is 1. The second-order valence-electron chi connectivity index (χ2n) is 3.77. The van der Waals surface area contributed by atoms with E-state index in [1.54, 1.807) is 0 Å². The minimum absolute atomic E-state index is 0.177. The first-order valence-electron chi connectivity index (χ1n) is 4.98. The van der Waals surface area contributed by atoms with E-state index < -0.39 is 0 Å². The molecule has 1 fully saturated rings. The fraction of sp³-hybridized carbons (Fsp3) is 0.900. The number of aliphatic hydroxyl groups excluding tert-OH is 1. The molecule has 1 heterocycles. The molecule has 0 spiro atoms. The monoisotopic (exact) mass is 186 g/mol. The zero-order valence-electron chi connectivity index (χ0n) is 8.00. The summed E-state index contributed by atoms with van der Waals surface area (Å²) in [7, 11) is 0. The van der Waals surface area contributed by atoms with Crippen molar-refractivity contribution in [3.8, 4) is 0 Å². The van der Waals surface area contributed by atoms with E-state index >= 15 is 0 Å². The Morgan fingerprint density at radius 1 is 1.38 bits per heavy atom. The molecule has 1 aliphatic heterocycles. The van der Waals surface area contributed by atoms with Gasteiger partial charge in [0.25, 0.3) is 0 Å². The van der Waals surface area contributed by atoms with Crippen LogP contribution in [0.2, 0.25) is 0 Å². The maximum absolute atomic E-state index is 11.0. The number of ether oxygens (including phenoxy) is 1. The van der Waals surface area contributed by atoms with Gasteiger partial charge in [-0.1, -0.05) is 0 Å². The van der Waals surface area contributed by atoms with E-state index in [9.17, 15) is 4.79 Å². The number of hydrogen-bond acceptors (Lipinski definition) is 3. The number of carbonyl (C=O) groups is 1. The van der Waals surface area contributed by atoms with E-state index in [2.05, 4.69) is 0 Å². The highest BCUT2D eigenvalue weighted by atomic mass is 16.5. The molecule has 0 radical (unpaired) electrons. The Bertz CT molecular complexity index is 148. The van der Waals surface area contributed by atoms with E-state index in [-0.39, 0.29) is 12.0 Å². The quantitative estimate of drug-likeness (QED) is 0.670. The van der Waals surface area contributed by atoms with E-state index in [1.807, 2.05) is 0 Å². The van der Waals surface area contributed by atoms with Crippen LogP contribution in [0.15, 0.2) is 0 Å². The van der Waals surface area contributed by atoms with Gasteiger partial charge in [0.2, 0.25) is 0 Å². The second-order valence-corrected chi connectivity index (χ2v) is 3.77. The molecular formula is C10H18O3. The van der Waals surface area contributed by atoms with Crippen LogP contribution in [0, 0.1) is 5.41 Å². The van der Waals surface area contributed by atoms with Crippen LogP contribution in [0.3, 0.4) is 0 Å². The van der Waals surface area contributed by atoms with E-state index in [0.717, 1.165) is 45.0 Å². The lowest BCUT2D eigenvalue weighted by molar-refractivity contribution is -0.117. The first kappa shape index (κ1) is 10.7. The fourth-order valence-electron chi connectivity index (χ4n) is 1.89. The summed E-state index contributed by atoms with van der Waals surface area (Å²) >= 11 is 0. The number of aliphatic hydroxyl groups is 1. The van der Waals surface area contributed by atoms with Gasteiger partial charge >= 0.3 is 0 Å². The van der Waals surface area contributed by atoms with Crippen molar-refractivity contribution in [2.24, 2.45) is 5.41 Å². The Hall–Kier alpha value is -0.410. The molecule has 0 bridgehead atoms. The third-order valence-electron chi connectivity index (χ3n) is 2.79. The van der Waals surface area contributed by atoms with Gasteiger partial charge in [-0.2, -0.15) is 0 Å². The molecule has 0 aromatic heterocycles. The Kier molecular flexibility index (Phi) is 4.39. The Morgan fingerprint density at radius 3 is 2.92 bits per heavy atom. The van der Waals surface area contributed by atoms with Gasteiger partial charge in [-0.15, -0.1) is 0 Å². The summed E-state index contributed by atoms with van der Waals surface area (Å²) < 4.78 is 5.31. The minimum atomic E-state index is -0.209. The van der Waals surface area contributed by atoms with Crippen molar-refractivity contribution in [2.75, 3.05) is 19.8 Å². The van der Waals surface area contributed by atoms with Crippen LogP contribution in [-0.4, -0.2) is 31.2 Å². The Balaban J connectivity index is 2.48. The van der Waals surface area contributed by atoms with Crippen LogP contribution in [0.4, 0.5) is 0 Å². The molecule has 1 atom stereocenters. The van der Waals surface area contributed by atoms with Gasteiger partial charge in [0, 0.05) is 25.2 Å². The van der Waals surface area contributed by atoms with Crippen LogP contribution < -0.4 is 0 Å². The number of carbonyl (C=O) groups excluding carboxylic acids is 1. The third kappa shape index (κ3) is 3.08. The molecule has 3 heteroatoms. The van der Waals surface area contributed by atoms with Gasteiger partial charge < -0.3 is 14.6 Å². The maximum atomic E-state index is 11.0. The molecule has 0 saturated carbocycles. The number of rotatable bonds is 4. The van der Waals surface area contributed by atoms with Gasteiger partial charge in [-0.25, -0.2) is 0 Å². The van der Waals surface area contributed by atoms with Crippen LogP contribution in [-0.2, 0) is 9.53 Å². The summed E-state index contributed by atoms with van der Waals surface area (Å²) in [5.74, 6) is 0. The smallest absolute Gasteiger partial charge is 0.126 e. The van der Waals surface area contributed by atoms with Crippen LogP contribution >= 0.6 is 0 Å². The molecule has 76 valence electrons. The maximum Gasteiger partial charge on any atom is 0.126 e. The first-order chi connectivity index (χ1) is 6.33. The molecule has 0 aromatic rings. The molecule has 3 nitrogen and oxygen atoms in total. The van der Waals surface area contributed by atoms with Gasteiger partial charge in [0.05, 0.1) is 0 Å². The van der Waals surface area contributed by atoms with E-state index in [1.165, 1.54) is 0 Å². The lowest BCUT2D eigenvalue weighted by atomic mass is 9.78. The van der Waals surface area contributed by atoms with Gasteiger partial charge in [-0.05, 0) is 32.1 Å². The highest BCUT2D eigenvalue weighted by Crippen LogP contribution is 2.33. The highest BCUT2D eigenvalue weighted by Gasteiger charge is 2.29. The normalized spacial score (nSPS) is 29.6. The molecule has 1 rings (SSSR count). The Labute approximate surface area is 79.1 Å². The molecule has 1 saturated heterocycles. The van der Waals surface area contributed by atoms with Crippen molar-refractivity contribution >= 4 is 6.29 Å². The molecule has 1 aliphatic rings. The standard InChI is InChI=1S/C10H18O3/c11-6-1-3-10(9-12)4-2-7-13-8-5-10/h9,11H,1-8H2. The SMILES string of the molecule is O=CC1(CCCO)CCCOCC1. The van der Waals surface area contributed by atoms with Crippen molar-refractivity contribution in [2.45, 2.75) is 32.1 Å². The van der Waals surface area contributed by atoms with E-state index in [4.69, 9.17) is 9.84 Å². The molecular weight excluding hydrogens is 168 g/mol. The average Bonchev–Trinajstić information content (AvgIpc) is 2.41. The molecule has 1 unspecified atom stereocenters. The van der Waals surface area contributed by atoms with Crippen molar-refractivity contribution < 1.29 is 14.6 Å². The molecule has 1 N–H and O–H groups in total. The van der Waals surface area contributed by atoms with Crippen molar-refractivity contribution in [1.29, 1.82) is 0 Å². The van der Waals surface area contributed by atoms with Crippen molar-refractivity contribution in [1.82, 2.24) is 0 Å². The second kappa shape index (κ2) is 5.35. The van der Waals surface area contributed by atoms with E-state index in [0.29, 0.717) is 6.61 Å². The Morgan fingerprint density at radius 2 is 2.23 bits per heavy atom. The number of aldehydes is 1. The molecule has 13 heavy (non-hydrogen) atoms. The van der Waals surface area contributed by atoms with Crippen LogP contribution in [0.25, 0.3) is 0 Å². The van der Waals surface area contributed by atoms with Crippen molar-refractivity contribution in [3.63, 3.8) is 0 Å². The van der Waals surface area contributed by atoms with Crippen LogP contribution in [0.1, 0.15) is 32.1 Å². The van der Waals surface area contributed by atoms with Crippen LogP contribution in [0.5, 0.6) is 0 Å². The molecule has 0 amide bonds. The molecule has 0 aromatic carbocycles. The average molecular weight is 186 g/mol. The van der Waals surface area contributed by atoms with Gasteiger partial charge in [-0.3, -0.25) is 0 Å². The lowest BCUT2D eigenvalue weighted by Gasteiger charge is -2.25. The summed E-state index contributed by atoms with van der Waals surface area (Å²) in [6, 6.07) is 0. The summed E-state index contributed by atoms with van der Waals surface area (Å²) in [4.78, 5) is 11.0. The third-order valence-corrected chi connectivity index (χ3v) is 2.79. The summed E-state index contributed by atoms with van der Waals surface area (Å²) in [6.45, 7) is 1.63. The lowest BCUT2D eigenvalue weighted by Crippen LogP contribution is -2.23. The predicted octanol–water partition coefficient (Wildman–Crippen LogP) is 1.14. The zero-order chi connectivity index (χ0) is 9.57. The fourth-order valence-corrected chi connectivity index (χ4v) is 1.89. The summed E-state index contributed by atoms with van der Waals surface area (Å²) in [6.07, 6.45) is 5.28. The van der Waals surface area contributed by atoms with Gasteiger partial charge in [0.15, 0.2) is 0 Å². The zero-order valence-corrected chi connectivity index (χ0v) is 8.00. The summed E-state index contributed by atoms with van der Waals surface area (Å²) in [5, 5.41) is 8.73. The van der Waals surface area contributed by atoms with Crippen molar-refractivity contribution in [3.05, 3.63) is 0 Å². The molecule has 0 aliphatic carbocycles. The topological polar surface area (TPSA) is 46.5 Å². The predicted molar refractivity (Wildman–Crippen MR) is 49.5 cm³/mol. The largest absolute Gasteiger partial charge is 0.396 e. The highest BCUT2D eigenvalue weighted by molar-refractivity contribution is 5.59. The summed E-state index contributed by atoms with van der Waals surface area (Å²) in [5.41, 5.74) is -0.209. The first-order valence-corrected chi connectivity index (χ1v) is 4.98. The van der Waals surface area contributed by atoms with Gasteiger partial charge in [0.1, 0.15) is 6.29 Å².